The highest BCUT2D eigenvalue weighted by Gasteiger charge is 2.16. The number of rotatable bonds is 2. The third-order valence-corrected chi connectivity index (χ3v) is 3.76. The number of hydrogen-bond acceptors (Lipinski definition) is 3. The van der Waals surface area contributed by atoms with Crippen molar-refractivity contribution in [2.24, 2.45) is 0 Å². The number of benzene rings is 2. The number of fused-ring (bicyclic) bond motifs is 1. The van der Waals surface area contributed by atoms with E-state index in [1.54, 1.807) is 6.07 Å². The van der Waals surface area contributed by atoms with Crippen molar-refractivity contribution in [2.45, 2.75) is 4.90 Å². The molecule has 0 aliphatic heterocycles. The Kier molecular flexibility index (Phi) is 2.81. The van der Waals surface area contributed by atoms with Gasteiger partial charge in [-0.3, -0.25) is 0 Å². The lowest BCUT2D eigenvalue weighted by molar-refractivity contribution is 0.0699. The number of carbonyl (C=O) groups is 1. The van der Waals surface area contributed by atoms with Crippen LogP contribution >= 0.6 is 10.7 Å². The summed E-state index contributed by atoms with van der Waals surface area (Å²) in [6.45, 7) is 0. The van der Waals surface area contributed by atoms with E-state index >= 15 is 0 Å². The number of carboxylic acids is 1. The molecule has 0 atom stereocenters. The molecule has 0 fully saturated rings. The lowest BCUT2D eigenvalue weighted by atomic mass is 10.0. The van der Waals surface area contributed by atoms with Gasteiger partial charge >= 0.3 is 5.97 Å². The minimum absolute atomic E-state index is 0.0460. The molecule has 4 nitrogen and oxygen atoms in total. The van der Waals surface area contributed by atoms with Gasteiger partial charge in [0.1, 0.15) is 0 Å². The van der Waals surface area contributed by atoms with Crippen LogP contribution in [-0.2, 0) is 9.05 Å². The average molecular weight is 271 g/mol. The monoisotopic (exact) mass is 270 g/mol. The summed E-state index contributed by atoms with van der Waals surface area (Å²) in [5.41, 5.74) is 0.0460. The fraction of sp³-hybridized carbons (Fsp3) is 0. The van der Waals surface area contributed by atoms with Crippen LogP contribution < -0.4 is 0 Å². The standard InChI is InChI=1S/C11H7ClO4S/c12-17(15,16)10-6-2-3-7-8(10)4-1-5-9(7)11(13)14/h1-6H,(H,13,14). The largest absolute Gasteiger partial charge is 0.478 e. The van der Waals surface area contributed by atoms with Crippen molar-refractivity contribution in [3.63, 3.8) is 0 Å². The number of halogens is 1. The van der Waals surface area contributed by atoms with Crippen LogP contribution in [0.2, 0.25) is 0 Å². The highest BCUT2D eigenvalue weighted by Crippen LogP contribution is 2.27. The predicted molar refractivity (Wildman–Crippen MR) is 63.9 cm³/mol. The Balaban J connectivity index is 2.94. The second kappa shape index (κ2) is 4.01. The Bertz CT molecular complexity index is 706. The summed E-state index contributed by atoms with van der Waals surface area (Å²) < 4.78 is 22.7. The molecule has 0 aliphatic carbocycles. The first-order valence-electron chi connectivity index (χ1n) is 4.61. The fourth-order valence-corrected chi connectivity index (χ4v) is 2.77. The summed E-state index contributed by atoms with van der Waals surface area (Å²) >= 11 is 0. The number of aromatic carboxylic acids is 1. The van der Waals surface area contributed by atoms with Crippen LogP contribution in [0.25, 0.3) is 10.8 Å². The minimum atomic E-state index is -3.89. The van der Waals surface area contributed by atoms with Crippen molar-refractivity contribution in [3.05, 3.63) is 42.0 Å². The zero-order chi connectivity index (χ0) is 12.6. The van der Waals surface area contributed by atoms with Crippen molar-refractivity contribution in [3.8, 4) is 0 Å². The van der Waals surface area contributed by atoms with Gasteiger partial charge in [0, 0.05) is 16.1 Å². The van der Waals surface area contributed by atoms with Crippen LogP contribution in [0.15, 0.2) is 41.3 Å². The minimum Gasteiger partial charge on any atom is -0.478 e. The highest BCUT2D eigenvalue weighted by atomic mass is 35.7. The van der Waals surface area contributed by atoms with Crippen LogP contribution in [0.4, 0.5) is 0 Å². The molecule has 2 rings (SSSR count). The van der Waals surface area contributed by atoms with Crippen molar-refractivity contribution in [1.82, 2.24) is 0 Å². The van der Waals surface area contributed by atoms with E-state index in [9.17, 15) is 13.2 Å². The van der Waals surface area contributed by atoms with E-state index in [0.717, 1.165) is 0 Å². The van der Waals surface area contributed by atoms with Crippen molar-refractivity contribution in [1.29, 1.82) is 0 Å². The summed E-state index contributed by atoms with van der Waals surface area (Å²) in [5, 5.41) is 9.65. The Morgan fingerprint density at radius 2 is 1.65 bits per heavy atom. The summed E-state index contributed by atoms with van der Waals surface area (Å²) in [6.07, 6.45) is 0. The first kappa shape index (κ1) is 11.9. The van der Waals surface area contributed by atoms with E-state index in [0.29, 0.717) is 10.8 Å². The van der Waals surface area contributed by atoms with Gasteiger partial charge < -0.3 is 5.11 Å². The molecule has 0 radical (unpaired) electrons. The molecular formula is C11H7ClO4S. The molecular weight excluding hydrogens is 264 g/mol. The maximum absolute atomic E-state index is 11.3. The number of hydrogen-bond donors (Lipinski definition) is 1. The third-order valence-electron chi connectivity index (χ3n) is 2.38. The van der Waals surface area contributed by atoms with Gasteiger partial charge in [-0.1, -0.05) is 24.3 Å². The summed E-state index contributed by atoms with van der Waals surface area (Å²) in [6, 6.07) is 8.77. The molecule has 88 valence electrons. The van der Waals surface area contributed by atoms with Gasteiger partial charge in [0.25, 0.3) is 9.05 Å². The number of carboxylic acid groups (broad SMARTS) is 1. The summed E-state index contributed by atoms with van der Waals surface area (Å²) in [7, 11) is 1.40. The van der Waals surface area contributed by atoms with Gasteiger partial charge in [0.15, 0.2) is 0 Å². The molecule has 0 unspecified atom stereocenters. The van der Waals surface area contributed by atoms with Crippen molar-refractivity contribution >= 4 is 36.5 Å². The molecule has 0 aromatic heterocycles. The van der Waals surface area contributed by atoms with Crippen molar-refractivity contribution in [2.75, 3.05) is 0 Å². The molecule has 2 aromatic carbocycles. The molecule has 6 heteroatoms. The quantitative estimate of drug-likeness (QED) is 0.851. The topological polar surface area (TPSA) is 71.4 Å². The van der Waals surface area contributed by atoms with Gasteiger partial charge in [-0.05, 0) is 17.5 Å². The van der Waals surface area contributed by atoms with Crippen LogP contribution in [-0.4, -0.2) is 19.5 Å². The van der Waals surface area contributed by atoms with Crippen LogP contribution in [0.5, 0.6) is 0 Å². The van der Waals surface area contributed by atoms with Gasteiger partial charge in [-0.2, -0.15) is 0 Å². The summed E-state index contributed by atoms with van der Waals surface area (Å²) in [5.74, 6) is -1.11. The van der Waals surface area contributed by atoms with Crippen molar-refractivity contribution < 1.29 is 18.3 Å². The Labute approximate surface area is 102 Å². The Morgan fingerprint density at radius 1 is 1.06 bits per heavy atom. The van der Waals surface area contributed by atoms with Gasteiger partial charge in [0.2, 0.25) is 0 Å². The fourth-order valence-electron chi connectivity index (χ4n) is 1.68. The van der Waals surface area contributed by atoms with E-state index in [1.165, 1.54) is 30.3 Å². The smallest absolute Gasteiger partial charge is 0.336 e. The molecule has 0 bridgehead atoms. The van der Waals surface area contributed by atoms with E-state index < -0.39 is 15.0 Å². The molecule has 0 aliphatic rings. The average Bonchev–Trinajstić information content (AvgIpc) is 2.26. The highest BCUT2D eigenvalue weighted by molar-refractivity contribution is 8.14. The SMILES string of the molecule is O=C(O)c1cccc2c(S(=O)(=O)Cl)cccc12. The van der Waals surface area contributed by atoms with E-state index in [2.05, 4.69) is 0 Å². The molecule has 0 saturated heterocycles. The molecule has 1 N–H and O–H groups in total. The lowest BCUT2D eigenvalue weighted by Gasteiger charge is -2.05. The van der Waals surface area contributed by atoms with Crippen LogP contribution in [0, 0.1) is 0 Å². The molecule has 0 amide bonds. The molecule has 0 saturated carbocycles. The van der Waals surface area contributed by atoms with Crippen LogP contribution in [0.1, 0.15) is 10.4 Å². The zero-order valence-electron chi connectivity index (χ0n) is 8.42. The van der Waals surface area contributed by atoms with Gasteiger partial charge in [-0.25, -0.2) is 13.2 Å². The lowest BCUT2D eigenvalue weighted by Crippen LogP contribution is -1.99. The first-order valence-corrected chi connectivity index (χ1v) is 6.92. The van der Waals surface area contributed by atoms with Crippen LogP contribution in [0.3, 0.4) is 0 Å². The maximum atomic E-state index is 11.3. The maximum Gasteiger partial charge on any atom is 0.336 e. The second-order valence-corrected chi connectivity index (χ2v) is 5.93. The summed E-state index contributed by atoms with van der Waals surface area (Å²) in [4.78, 5) is 10.9. The van der Waals surface area contributed by atoms with Gasteiger partial charge in [0.05, 0.1) is 10.5 Å². The first-order chi connectivity index (χ1) is 7.91. The second-order valence-electron chi connectivity index (χ2n) is 3.40. The molecule has 17 heavy (non-hydrogen) atoms. The van der Waals surface area contributed by atoms with E-state index in [-0.39, 0.29) is 10.5 Å². The van der Waals surface area contributed by atoms with E-state index in [4.69, 9.17) is 15.8 Å². The van der Waals surface area contributed by atoms with Gasteiger partial charge in [-0.15, -0.1) is 0 Å². The third kappa shape index (κ3) is 2.11. The zero-order valence-corrected chi connectivity index (χ0v) is 9.99. The Hall–Kier alpha value is -1.59. The molecule has 0 heterocycles. The molecule has 2 aromatic rings. The predicted octanol–water partition coefficient (Wildman–Crippen LogP) is 2.47. The normalized spacial score (nSPS) is 11.6. The van der Waals surface area contributed by atoms with E-state index in [1.807, 2.05) is 0 Å². The molecule has 0 spiro atoms. The Morgan fingerprint density at radius 3 is 2.24 bits per heavy atom.